The number of nitrogens with one attached hydrogen (secondary N) is 2. The molecule has 2 aliphatic rings. The van der Waals surface area contributed by atoms with Crippen LogP contribution in [0.25, 0.3) is 10.8 Å². The number of aryl methyl sites for hydroxylation is 1. The molecule has 0 radical (unpaired) electrons. The molecule has 5 rings (SSSR count). The second kappa shape index (κ2) is 21.3. The Morgan fingerprint density at radius 1 is 0.833 bits per heavy atom. The van der Waals surface area contributed by atoms with Crippen LogP contribution in [0.3, 0.4) is 0 Å². The maximum absolute atomic E-state index is 12.6. The summed E-state index contributed by atoms with van der Waals surface area (Å²) >= 11 is 0. The molecule has 0 aliphatic carbocycles. The van der Waals surface area contributed by atoms with Gasteiger partial charge in [0.2, 0.25) is 5.91 Å². The minimum Gasteiger partial charge on any atom is -0.459 e. The number of aromatic amines is 1. The number of carbonyl (C=O) groups excluding carboxylic acids is 2. The van der Waals surface area contributed by atoms with Crippen LogP contribution in [0.1, 0.15) is 17.4 Å². The molecule has 2 aliphatic heterocycles. The highest BCUT2D eigenvalue weighted by molar-refractivity contribution is 7.61. The Morgan fingerprint density at radius 3 is 2.23 bits per heavy atom. The van der Waals surface area contributed by atoms with Crippen molar-refractivity contribution in [2.45, 2.75) is 68.8 Å². The van der Waals surface area contributed by atoms with Crippen molar-refractivity contribution in [2.75, 3.05) is 39.6 Å². The van der Waals surface area contributed by atoms with Crippen molar-refractivity contribution in [1.82, 2.24) is 21.0 Å². The normalized spacial score (nSPS) is 27.4. The quantitative estimate of drug-likeness (QED) is 0.0344. The number of benzene rings is 2. The first kappa shape index (κ1) is 48.8. The molecule has 60 heavy (non-hydrogen) atoms. The highest BCUT2D eigenvalue weighted by Crippen LogP contribution is 2.61. The molecule has 0 bridgehead atoms. The molecular weight excluding hydrogens is 850 g/mol. The minimum absolute atomic E-state index is 0. The number of aliphatic hydroxyl groups excluding tert-OH is 5. The Morgan fingerprint density at radius 2 is 1.52 bits per heavy atom. The second-order valence-corrected chi connectivity index (χ2v) is 16.2. The lowest BCUT2D eigenvalue weighted by molar-refractivity contribution is -0.273. The first-order valence-corrected chi connectivity index (χ1v) is 20.6. The van der Waals surface area contributed by atoms with Gasteiger partial charge in [0.15, 0.2) is 12.5 Å². The molecule has 2 fully saturated rings. The number of H-pyrrole nitrogens is 1. The number of ether oxygens (including phenoxy) is 5. The van der Waals surface area contributed by atoms with E-state index in [0.717, 1.165) is 34.2 Å². The van der Waals surface area contributed by atoms with Gasteiger partial charge in [0, 0.05) is 18.8 Å². The predicted molar refractivity (Wildman–Crippen MR) is 200 cm³/mol. The standard InChI is InChI=1S/C33H43N3O21P2.H3N/c1-17-2-4-19-5-3-18(11-20(19)10-17)13-52-25(39)16-51-9-8-50-15-24(38)34-12-21-26(40)28(42)30(44)32(55-21)56-59(48,49)57-58(46,47)53-14-22-27(41)29(43)31(54-22)36-7-6-23(37)35-33(36)45;/h2-7,10-11,21-22,26-32,40-44H,8-9,12-16H2,1H3,(H,34,38)(H,46,47)(H,48,49)(H,35,37,45);1H3/t21-,22-,26+,27-,28+,29-,30-,31-,32-;/m1./s1. The molecule has 11 atom stereocenters. The van der Waals surface area contributed by atoms with Gasteiger partial charge in [-0.3, -0.25) is 28.2 Å². The predicted octanol–water partition coefficient (Wildman–Crippen LogP) is -2.27. The van der Waals surface area contributed by atoms with Gasteiger partial charge >= 0.3 is 27.3 Å². The summed E-state index contributed by atoms with van der Waals surface area (Å²) < 4.78 is 65.4. The zero-order valence-corrected chi connectivity index (χ0v) is 33.4. The molecule has 1 aromatic heterocycles. The van der Waals surface area contributed by atoms with E-state index >= 15 is 0 Å². The zero-order chi connectivity index (χ0) is 43.1. The molecule has 0 saturated carbocycles. The van der Waals surface area contributed by atoms with Gasteiger partial charge < -0.3 is 70.5 Å². The number of rotatable bonds is 19. The van der Waals surface area contributed by atoms with E-state index in [4.69, 9.17) is 23.7 Å². The largest absolute Gasteiger partial charge is 0.483 e. The molecule has 0 spiro atoms. The fourth-order valence-electron chi connectivity index (χ4n) is 5.78. The minimum atomic E-state index is -5.75. The van der Waals surface area contributed by atoms with E-state index in [1.165, 1.54) is 0 Å². The molecule has 3 heterocycles. The highest BCUT2D eigenvalue weighted by Gasteiger charge is 2.50. The summed E-state index contributed by atoms with van der Waals surface area (Å²) in [6.07, 6.45) is -16.0. The lowest BCUT2D eigenvalue weighted by Gasteiger charge is -2.40. The van der Waals surface area contributed by atoms with Crippen molar-refractivity contribution in [3.05, 3.63) is 80.6 Å². The van der Waals surface area contributed by atoms with Crippen LogP contribution in [0.15, 0.2) is 58.3 Å². The summed E-state index contributed by atoms with van der Waals surface area (Å²) in [5, 5.41) is 55.9. The Balaban J connectivity index is 0.00000794. The number of phosphoric acid groups is 2. The second-order valence-electron chi connectivity index (χ2n) is 13.3. The number of nitrogens with zero attached hydrogens (tertiary/aromatic N) is 1. The molecule has 2 aromatic carbocycles. The smallest absolute Gasteiger partial charge is 0.459 e. The van der Waals surface area contributed by atoms with Crippen molar-refractivity contribution >= 4 is 38.3 Å². The van der Waals surface area contributed by atoms with Crippen molar-refractivity contribution in [3.8, 4) is 0 Å². The van der Waals surface area contributed by atoms with Crippen LogP contribution in [0.4, 0.5) is 0 Å². The van der Waals surface area contributed by atoms with E-state index in [1.807, 2.05) is 48.3 Å². The third kappa shape index (κ3) is 13.3. The summed E-state index contributed by atoms with van der Waals surface area (Å²) in [5.74, 6) is -1.38. The molecule has 27 heteroatoms. The fraction of sp³-hybridized carbons (Fsp3) is 0.515. The number of amides is 1. The zero-order valence-electron chi connectivity index (χ0n) is 31.7. The third-order valence-electron chi connectivity index (χ3n) is 8.76. The van der Waals surface area contributed by atoms with E-state index < -0.39 is 114 Å². The van der Waals surface area contributed by atoms with Crippen molar-refractivity contribution in [2.24, 2.45) is 0 Å². The van der Waals surface area contributed by atoms with E-state index in [0.29, 0.717) is 4.57 Å². The monoisotopic (exact) mass is 896 g/mol. The number of hydrogen-bond donors (Lipinski definition) is 10. The Kier molecular flexibility index (Phi) is 17.3. The van der Waals surface area contributed by atoms with Gasteiger partial charge in [0.25, 0.3) is 5.56 Å². The topological polar surface area (TPSA) is 386 Å². The first-order chi connectivity index (χ1) is 27.8. The van der Waals surface area contributed by atoms with Crippen LogP contribution in [-0.4, -0.2) is 145 Å². The average Bonchev–Trinajstić information content (AvgIpc) is 3.45. The number of aromatic nitrogens is 2. The van der Waals surface area contributed by atoms with Gasteiger partial charge in [-0.05, 0) is 29.3 Å². The van der Waals surface area contributed by atoms with Crippen molar-refractivity contribution in [1.29, 1.82) is 0 Å². The fourth-order valence-corrected chi connectivity index (χ4v) is 7.94. The van der Waals surface area contributed by atoms with Gasteiger partial charge in [-0.1, -0.05) is 35.9 Å². The van der Waals surface area contributed by atoms with Gasteiger partial charge in [-0.25, -0.2) is 18.7 Å². The van der Waals surface area contributed by atoms with Gasteiger partial charge in [0.05, 0.1) is 19.8 Å². The van der Waals surface area contributed by atoms with E-state index in [-0.39, 0.29) is 32.6 Å². The molecule has 3 aromatic rings. The van der Waals surface area contributed by atoms with Crippen LogP contribution in [0, 0.1) is 6.92 Å². The van der Waals surface area contributed by atoms with E-state index in [9.17, 15) is 63.6 Å². The molecule has 2 unspecified atom stereocenters. The van der Waals surface area contributed by atoms with Crippen LogP contribution in [-0.2, 0) is 62.4 Å². The number of aliphatic hydroxyl groups is 5. The number of esters is 1. The van der Waals surface area contributed by atoms with Gasteiger partial charge in [0.1, 0.15) is 62.5 Å². The highest BCUT2D eigenvalue weighted by atomic mass is 31.3. The molecule has 2 saturated heterocycles. The summed E-state index contributed by atoms with van der Waals surface area (Å²) in [6.45, 7) is -0.743. The molecule has 12 N–H and O–H groups in total. The molecule has 25 nitrogen and oxygen atoms in total. The number of hydrogen-bond acceptors (Lipinski definition) is 20. The lowest BCUT2D eigenvalue weighted by Crippen LogP contribution is -2.60. The Bertz CT molecular complexity index is 2160. The SMILES string of the molecule is Cc1ccc2ccc(COC(=O)COCCOCC(=O)NC[C@H]3O[C@H](OP(=O)(O)OP(=O)(O)OC[C@H]4O[C@@H](n5ccc(=O)[nH]c5=O)[C@H](O)[C@@H]4O)[C@H](O)[C@@H](O)[C@H]3O)cc2c1.N. The van der Waals surface area contributed by atoms with Crippen molar-refractivity contribution < 1.29 is 91.1 Å². The average molecular weight is 897 g/mol. The Labute approximate surface area is 339 Å². The van der Waals surface area contributed by atoms with Crippen LogP contribution in [0.5, 0.6) is 0 Å². The third-order valence-corrected chi connectivity index (χ3v) is 11.4. The summed E-state index contributed by atoms with van der Waals surface area (Å²) in [5.41, 5.74) is 0.106. The van der Waals surface area contributed by atoms with Crippen LogP contribution < -0.4 is 22.7 Å². The van der Waals surface area contributed by atoms with Crippen LogP contribution >= 0.6 is 15.6 Å². The summed E-state index contributed by atoms with van der Waals surface area (Å²) in [7, 11) is -11.3. The molecule has 334 valence electrons. The van der Waals surface area contributed by atoms with Crippen molar-refractivity contribution in [3.63, 3.8) is 0 Å². The molecular formula is C33H46N4O21P2. The van der Waals surface area contributed by atoms with E-state index in [2.05, 4.69) is 18.7 Å². The molecule has 1 amide bonds. The lowest BCUT2D eigenvalue weighted by atomic mass is 9.99. The maximum atomic E-state index is 12.6. The first-order valence-electron chi connectivity index (χ1n) is 17.6. The number of fused-ring (bicyclic) bond motifs is 1. The number of carbonyl (C=O) groups is 2. The van der Waals surface area contributed by atoms with Crippen LogP contribution in [0.2, 0.25) is 0 Å². The number of phosphoric ester groups is 2. The maximum Gasteiger partial charge on any atom is 0.483 e. The van der Waals surface area contributed by atoms with Gasteiger partial charge in [-0.2, -0.15) is 4.31 Å². The Hall–Kier alpha value is -3.82. The van der Waals surface area contributed by atoms with E-state index in [1.54, 1.807) is 0 Å². The summed E-state index contributed by atoms with van der Waals surface area (Å²) in [6, 6.07) is 12.6. The van der Waals surface area contributed by atoms with Gasteiger partial charge in [-0.15, -0.1) is 0 Å². The summed E-state index contributed by atoms with van der Waals surface area (Å²) in [4.78, 5) is 69.9.